The molecular weight excluding hydrogens is 346 g/mol. The van der Waals surface area contributed by atoms with E-state index in [9.17, 15) is 9.59 Å². The Bertz CT molecular complexity index is 959. The number of carbonyl (C=O) groups is 1. The van der Waals surface area contributed by atoms with Crippen LogP contribution in [0.1, 0.15) is 34.1 Å². The Kier molecular flexibility index (Phi) is 4.86. The second-order valence-corrected chi connectivity index (χ2v) is 7.56. The van der Waals surface area contributed by atoms with Gasteiger partial charge in [0.25, 0.3) is 5.91 Å². The van der Waals surface area contributed by atoms with Gasteiger partial charge in [0, 0.05) is 28.4 Å². The fourth-order valence-electron chi connectivity index (χ4n) is 3.62. The van der Waals surface area contributed by atoms with Crippen molar-refractivity contribution < 1.29 is 4.79 Å². The molecule has 6 heteroatoms. The fourth-order valence-corrected chi connectivity index (χ4v) is 4.48. The minimum Gasteiger partial charge on any atom is -0.350 e. The highest BCUT2D eigenvalue weighted by Crippen LogP contribution is 2.28. The highest BCUT2D eigenvalue weighted by molar-refractivity contribution is 7.10. The van der Waals surface area contributed by atoms with Gasteiger partial charge in [0.2, 0.25) is 5.56 Å². The average molecular weight is 367 g/mol. The number of amides is 1. The number of hydrogen-bond acceptors (Lipinski definition) is 4. The molecule has 26 heavy (non-hydrogen) atoms. The second kappa shape index (κ2) is 7.43. The number of fused-ring (bicyclic) bond motifs is 1. The Morgan fingerprint density at radius 3 is 2.77 bits per heavy atom. The zero-order valence-electron chi connectivity index (χ0n) is 14.4. The van der Waals surface area contributed by atoms with E-state index in [4.69, 9.17) is 0 Å². The molecule has 0 aliphatic carbocycles. The van der Waals surface area contributed by atoms with Crippen molar-refractivity contribution in [3.8, 4) is 0 Å². The molecule has 1 fully saturated rings. The molecule has 4 rings (SSSR count). The summed E-state index contributed by atoms with van der Waals surface area (Å²) in [5.41, 5.74) is 0.846. The lowest BCUT2D eigenvalue weighted by Crippen LogP contribution is -2.36. The van der Waals surface area contributed by atoms with Crippen molar-refractivity contribution >= 4 is 28.1 Å². The molecule has 3 heterocycles. The van der Waals surface area contributed by atoms with Crippen LogP contribution < -0.4 is 10.9 Å². The molecule has 0 radical (unpaired) electrons. The van der Waals surface area contributed by atoms with Crippen LogP contribution in [0.3, 0.4) is 0 Å². The Morgan fingerprint density at radius 2 is 2.00 bits per heavy atom. The van der Waals surface area contributed by atoms with Crippen molar-refractivity contribution in [2.24, 2.45) is 0 Å². The summed E-state index contributed by atoms with van der Waals surface area (Å²) in [6.07, 6.45) is 2.41. The van der Waals surface area contributed by atoms with E-state index in [1.54, 1.807) is 11.3 Å². The summed E-state index contributed by atoms with van der Waals surface area (Å²) in [6, 6.07) is 13.1. The van der Waals surface area contributed by atoms with Crippen molar-refractivity contribution in [2.45, 2.75) is 18.9 Å². The number of aromatic nitrogens is 1. The topological polar surface area (TPSA) is 65.2 Å². The van der Waals surface area contributed by atoms with E-state index >= 15 is 0 Å². The normalized spacial score (nSPS) is 16.0. The molecule has 0 spiro atoms. The average Bonchev–Trinajstić information content (AvgIpc) is 3.35. The smallest absolute Gasteiger partial charge is 0.252 e. The summed E-state index contributed by atoms with van der Waals surface area (Å²) in [5, 5.41) is 5.89. The molecule has 1 amide bonds. The molecule has 1 atom stereocenters. The molecule has 2 N–H and O–H groups in total. The molecule has 1 saturated heterocycles. The lowest BCUT2D eigenvalue weighted by Gasteiger charge is -2.27. The van der Waals surface area contributed by atoms with Crippen LogP contribution in [-0.2, 0) is 0 Å². The zero-order chi connectivity index (χ0) is 17.9. The summed E-state index contributed by atoms with van der Waals surface area (Å²) in [6.45, 7) is 2.67. The maximum absolute atomic E-state index is 12.8. The summed E-state index contributed by atoms with van der Waals surface area (Å²) in [5.74, 6) is -0.201. The highest BCUT2D eigenvalue weighted by atomic mass is 32.1. The van der Waals surface area contributed by atoms with Crippen LogP contribution in [-0.4, -0.2) is 35.4 Å². The summed E-state index contributed by atoms with van der Waals surface area (Å²) in [4.78, 5) is 31.2. The molecule has 0 unspecified atom stereocenters. The lowest BCUT2D eigenvalue weighted by atomic mass is 10.1. The first-order valence-corrected chi connectivity index (χ1v) is 9.78. The quantitative estimate of drug-likeness (QED) is 0.728. The number of nitrogens with one attached hydrogen (secondary N) is 2. The molecule has 0 bridgehead atoms. The fraction of sp³-hybridized carbons (Fsp3) is 0.300. The number of pyridine rings is 1. The standard InChI is InChI=1S/C20H21N3O2S/c24-19-12-15(14-6-1-2-7-16(14)22-19)20(25)21-13-17(18-8-5-11-26-18)23-9-3-4-10-23/h1-2,5-8,11-12,17H,3-4,9-10,13H2,(H,21,25)(H,22,24)/t17-/m1/s1. The molecule has 5 nitrogen and oxygen atoms in total. The van der Waals surface area contributed by atoms with Gasteiger partial charge >= 0.3 is 0 Å². The Hall–Kier alpha value is -2.44. The summed E-state index contributed by atoms with van der Waals surface area (Å²) >= 11 is 1.72. The number of aromatic amines is 1. The monoisotopic (exact) mass is 367 g/mol. The van der Waals surface area contributed by atoms with Crippen molar-refractivity contribution in [3.05, 3.63) is 68.6 Å². The number of hydrogen-bond donors (Lipinski definition) is 2. The van der Waals surface area contributed by atoms with E-state index < -0.39 is 0 Å². The number of rotatable bonds is 5. The number of nitrogens with zero attached hydrogens (tertiary/aromatic N) is 1. The zero-order valence-corrected chi connectivity index (χ0v) is 15.2. The van der Waals surface area contributed by atoms with Crippen LogP contribution in [0.25, 0.3) is 10.9 Å². The molecule has 1 aliphatic rings. The first-order valence-electron chi connectivity index (χ1n) is 8.90. The van der Waals surface area contributed by atoms with E-state index in [0.29, 0.717) is 17.6 Å². The predicted molar refractivity (Wildman–Crippen MR) is 105 cm³/mol. The van der Waals surface area contributed by atoms with Gasteiger partial charge < -0.3 is 10.3 Å². The Labute approximate surface area is 155 Å². The van der Waals surface area contributed by atoms with Crippen LogP contribution in [0.2, 0.25) is 0 Å². The molecule has 2 aromatic heterocycles. The van der Waals surface area contributed by atoms with Gasteiger partial charge in [-0.05, 0) is 43.4 Å². The summed E-state index contributed by atoms with van der Waals surface area (Å²) in [7, 11) is 0. The van der Waals surface area contributed by atoms with Gasteiger partial charge in [-0.25, -0.2) is 0 Å². The van der Waals surface area contributed by atoms with Gasteiger partial charge in [-0.1, -0.05) is 24.3 Å². The molecule has 134 valence electrons. The minimum absolute atomic E-state index is 0.190. The number of carbonyl (C=O) groups excluding carboxylic acids is 1. The SMILES string of the molecule is O=C(NC[C@H](c1cccs1)N1CCCC1)c1cc(=O)[nH]c2ccccc12. The largest absolute Gasteiger partial charge is 0.350 e. The second-order valence-electron chi connectivity index (χ2n) is 6.58. The number of thiophene rings is 1. The van der Waals surface area contributed by atoms with Crippen molar-refractivity contribution in [3.63, 3.8) is 0 Å². The van der Waals surface area contributed by atoms with E-state index in [0.717, 1.165) is 18.5 Å². The van der Waals surface area contributed by atoms with Crippen LogP contribution in [0.15, 0.2) is 52.6 Å². The van der Waals surface area contributed by atoms with Crippen molar-refractivity contribution in [2.75, 3.05) is 19.6 Å². The highest BCUT2D eigenvalue weighted by Gasteiger charge is 2.25. The van der Waals surface area contributed by atoms with Gasteiger partial charge in [0.1, 0.15) is 0 Å². The molecule has 1 aromatic carbocycles. The number of para-hydroxylation sites is 1. The van der Waals surface area contributed by atoms with E-state index in [-0.39, 0.29) is 17.5 Å². The van der Waals surface area contributed by atoms with Gasteiger partial charge in [0.05, 0.1) is 11.6 Å². The van der Waals surface area contributed by atoms with Crippen LogP contribution >= 0.6 is 11.3 Å². The minimum atomic E-state index is -0.261. The lowest BCUT2D eigenvalue weighted by molar-refractivity contribution is 0.0940. The van der Waals surface area contributed by atoms with E-state index in [1.807, 2.05) is 24.3 Å². The molecule has 3 aromatic rings. The molecular formula is C20H21N3O2S. The van der Waals surface area contributed by atoms with Crippen molar-refractivity contribution in [1.29, 1.82) is 0 Å². The molecule has 0 saturated carbocycles. The van der Waals surface area contributed by atoms with Crippen LogP contribution in [0.4, 0.5) is 0 Å². The predicted octanol–water partition coefficient (Wildman–Crippen LogP) is 3.16. The third-order valence-electron chi connectivity index (χ3n) is 4.90. The van der Waals surface area contributed by atoms with Crippen LogP contribution in [0.5, 0.6) is 0 Å². The van der Waals surface area contributed by atoms with Crippen LogP contribution in [0, 0.1) is 0 Å². The van der Waals surface area contributed by atoms with Gasteiger partial charge in [-0.3, -0.25) is 14.5 Å². The molecule has 1 aliphatic heterocycles. The van der Waals surface area contributed by atoms with E-state index in [2.05, 4.69) is 32.7 Å². The van der Waals surface area contributed by atoms with E-state index in [1.165, 1.54) is 23.8 Å². The number of benzene rings is 1. The third kappa shape index (κ3) is 3.43. The van der Waals surface area contributed by atoms with Crippen molar-refractivity contribution in [1.82, 2.24) is 15.2 Å². The third-order valence-corrected chi connectivity index (χ3v) is 5.88. The first kappa shape index (κ1) is 17.0. The maximum Gasteiger partial charge on any atom is 0.252 e. The Morgan fingerprint density at radius 1 is 1.19 bits per heavy atom. The number of likely N-dealkylation sites (tertiary alicyclic amines) is 1. The summed E-state index contributed by atoms with van der Waals surface area (Å²) < 4.78 is 0. The first-order chi connectivity index (χ1) is 12.7. The van der Waals surface area contributed by atoms with Gasteiger partial charge in [-0.2, -0.15) is 0 Å². The number of H-pyrrole nitrogens is 1. The maximum atomic E-state index is 12.8. The Balaban J connectivity index is 1.57. The van der Waals surface area contributed by atoms with Gasteiger partial charge in [-0.15, -0.1) is 11.3 Å². The van der Waals surface area contributed by atoms with Gasteiger partial charge in [0.15, 0.2) is 0 Å².